The van der Waals surface area contributed by atoms with E-state index < -0.39 is 5.82 Å². The summed E-state index contributed by atoms with van der Waals surface area (Å²) in [5.74, 6) is 0.529. The van der Waals surface area contributed by atoms with Crippen LogP contribution in [0.2, 0.25) is 0 Å². The summed E-state index contributed by atoms with van der Waals surface area (Å²) in [6.07, 6.45) is 4.69. The van der Waals surface area contributed by atoms with E-state index in [-0.39, 0.29) is 11.8 Å². The Hall–Kier alpha value is -3.55. The number of Topliss-reactive ketones (excluding diaryl/α,β-unsaturated/α-hetero) is 1. The molecule has 0 fully saturated rings. The van der Waals surface area contributed by atoms with Crippen molar-refractivity contribution in [2.24, 2.45) is 0 Å². The van der Waals surface area contributed by atoms with E-state index in [4.69, 9.17) is 10.5 Å². The highest BCUT2D eigenvalue weighted by Crippen LogP contribution is 2.43. The lowest BCUT2D eigenvalue weighted by molar-refractivity contribution is 0.0981. The summed E-state index contributed by atoms with van der Waals surface area (Å²) in [7, 11) is 0. The van der Waals surface area contributed by atoms with Crippen molar-refractivity contribution in [2.45, 2.75) is 33.1 Å². The summed E-state index contributed by atoms with van der Waals surface area (Å²) in [5.41, 5.74) is 9.85. The topological polar surface area (TPSA) is 103 Å². The Bertz CT molecular complexity index is 1130. The monoisotopic (exact) mass is 407 g/mol. The Morgan fingerprint density at radius 1 is 1.23 bits per heavy atom. The maximum absolute atomic E-state index is 14.0. The van der Waals surface area contributed by atoms with Crippen molar-refractivity contribution in [2.75, 3.05) is 17.6 Å². The van der Waals surface area contributed by atoms with E-state index in [1.165, 1.54) is 24.5 Å². The van der Waals surface area contributed by atoms with Crippen LogP contribution in [0.1, 0.15) is 48.3 Å². The highest BCUT2D eigenvalue weighted by Gasteiger charge is 2.28. The minimum absolute atomic E-state index is 0.00612. The molecule has 2 heterocycles. The molecule has 1 aliphatic rings. The van der Waals surface area contributed by atoms with Crippen molar-refractivity contribution in [1.82, 2.24) is 15.0 Å². The largest absolute Gasteiger partial charge is 0.423 e. The summed E-state index contributed by atoms with van der Waals surface area (Å²) < 4.78 is 19.8. The quantitative estimate of drug-likeness (QED) is 0.346. The van der Waals surface area contributed by atoms with Crippen LogP contribution in [0, 0.1) is 5.82 Å². The molecule has 0 aliphatic heterocycles. The van der Waals surface area contributed by atoms with Gasteiger partial charge in [0, 0.05) is 42.4 Å². The number of rotatable bonds is 7. The number of fused-ring (bicyclic) bond motifs is 3. The zero-order chi connectivity index (χ0) is 21.3. The van der Waals surface area contributed by atoms with Crippen LogP contribution in [0.3, 0.4) is 0 Å². The first kappa shape index (κ1) is 19.8. The first-order valence-corrected chi connectivity index (χ1v) is 9.89. The zero-order valence-corrected chi connectivity index (χ0v) is 16.8. The Morgan fingerprint density at radius 3 is 2.83 bits per heavy atom. The third-order valence-corrected chi connectivity index (χ3v) is 4.89. The van der Waals surface area contributed by atoms with E-state index in [0.29, 0.717) is 53.5 Å². The van der Waals surface area contributed by atoms with Crippen LogP contribution in [-0.4, -0.2) is 27.3 Å². The molecule has 7 nitrogen and oxygen atoms in total. The van der Waals surface area contributed by atoms with Gasteiger partial charge in [-0.1, -0.05) is 6.92 Å². The number of aromatic nitrogens is 3. The van der Waals surface area contributed by atoms with Crippen LogP contribution < -0.4 is 15.8 Å². The van der Waals surface area contributed by atoms with Gasteiger partial charge in [0.05, 0.1) is 11.9 Å². The molecule has 0 saturated heterocycles. The maximum Gasteiger partial charge on any atom is 0.324 e. The van der Waals surface area contributed by atoms with Crippen molar-refractivity contribution in [3.8, 4) is 22.9 Å². The summed E-state index contributed by atoms with van der Waals surface area (Å²) in [6, 6.07) is 4.52. The third-order valence-electron chi connectivity index (χ3n) is 4.89. The standard InChI is InChI=1S/C22H22FN5O2/c1-3-5-19(29)12-6-14(11-25-10-12)30-22-27-18-9-15-16(7-13(23)8-17(15)24)20(18)21(28-22)26-4-2/h6-8,10-11H,3-5,9,24H2,1-2H3,(H,26,27,28). The van der Waals surface area contributed by atoms with Gasteiger partial charge in [-0.25, -0.2) is 4.39 Å². The molecule has 0 unspecified atom stereocenters. The molecule has 0 bridgehead atoms. The number of nitrogens with two attached hydrogens (primary N) is 1. The molecule has 0 radical (unpaired) electrons. The molecular formula is C22H22FN5O2. The molecule has 4 rings (SSSR count). The van der Waals surface area contributed by atoms with E-state index in [2.05, 4.69) is 20.3 Å². The summed E-state index contributed by atoms with van der Waals surface area (Å²) >= 11 is 0. The third kappa shape index (κ3) is 3.68. The van der Waals surface area contributed by atoms with Gasteiger partial charge < -0.3 is 15.8 Å². The van der Waals surface area contributed by atoms with Crippen LogP contribution in [-0.2, 0) is 6.42 Å². The van der Waals surface area contributed by atoms with E-state index >= 15 is 0 Å². The van der Waals surface area contributed by atoms with Gasteiger partial charge in [-0.2, -0.15) is 9.97 Å². The second-order valence-electron chi connectivity index (χ2n) is 7.09. The first-order valence-electron chi connectivity index (χ1n) is 9.89. The number of ketones is 1. The number of nitrogens with zero attached hydrogens (tertiary/aromatic N) is 3. The van der Waals surface area contributed by atoms with Crippen LogP contribution in [0.4, 0.5) is 15.9 Å². The van der Waals surface area contributed by atoms with Crippen molar-refractivity contribution in [1.29, 1.82) is 0 Å². The van der Waals surface area contributed by atoms with E-state index in [9.17, 15) is 9.18 Å². The van der Waals surface area contributed by atoms with Crippen LogP contribution >= 0.6 is 0 Å². The molecule has 0 atom stereocenters. The van der Waals surface area contributed by atoms with Crippen molar-refractivity contribution >= 4 is 17.3 Å². The number of pyridine rings is 1. The van der Waals surface area contributed by atoms with Crippen molar-refractivity contribution in [3.05, 3.63) is 53.2 Å². The average molecular weight is 407 g/mol. The Labute approximate surface area is 173 Å². The zero-order valence-electron chi connectivity index (χ0n) is 16.8. The number of halogens is 1. The van der Waals surface area contributed by atoms with E-state index in [1.54, 1.807) is 6.07 Å². The van der Waals surface area contributed by atoms with Gasteiger partial charge in [-0.15, -0.1) is 0 Å². The first-order chi connectivity index (χ1) is 14.5. The molecule has 0 spiro atoms. The fraction of sp³-hybridized carbons (Fsp3) is 0.273. The van der Waals surface area contributed by atoms with Crippen molar-refractivity contribution < 1.29 is 13.9 Å². The predicted molar refractivity (Wildman–Crippen MR) is 112 cm³/mol. The minimum atomic E-state index is -0.401. The summed E-state index contributed by atoms with van der Waals surface area (Å²) in [4.78, 5) is 25.2. The number of ether oxygens (including phenoxy) is 1. The minimum Gasteiger partial charge on any atom is -0.423 e. The predicted octanol–water partition coefficient (Wildman–Crippen LogP) is 4.37. The number of benzene rings is 1. The molecule has 1 aliphatic carbocycles. The van der Waals surface area contributed by atoms with E-state index in [0.717, 1.165) is 17.5 Å². The number of hydrogen-bond donors (Lipinski definition) is 2. The Morgan fingerprint density at radius 2 is 2.07 bits per heavy atom. The molecule has 3 aromatic rings. The van der Waals surface area contributed by atoms with Crippen LogP contribution in [0.25, 0.3) is 11.1 Å². The van der Waals surface area contributed by atoms with Gasteiger partial charge in [-0.3, -0.25) is 9.78 Å². The summed E-state index contributed by atoms with van der Waals surface area (Å²) in [5, 5.41) is 3.20. The second kappa shape index (κ2) is 8.06. The molecule has 0 amide bonds. The number of nitrogens with one attached hydrogen (secondary N) is 1. The lowest BCUT2D eigenvalue weighted by Gasteiger charge is -2.12. The number of hydrogen-bond acceptors (Lipinski definition) is 7. The highest BCUT2D eigenvalue weighted by atomic mass is 19.1. The molecular weight excluding hydrogens is 385 g/mol. The number of anilines is 2. The second-order valence-corrected chi connectivity index (χ2v) is 7.09. The maximum atomic E-state index is 14.0. The fourth-order valence-corrected chi connectivity index (χ4v) is 3.59. The average Bonchev–Trinajstić information content (AvgIpc) is 3.07. The lowest BCUT2D eigenvalue weighted by atomic mass is 10.1. The van der Waals surface area contributed by atoms with E-state index in [1.807, 2.05) is 13.8 Å². The normalized spacial score (nSPS) is 11.7. The Kier molecular flexibility index (Phi) is 5.31. The molecule has 8 heteroatoms. The molecule has 2 aromatic heterocycles. The van der Waals surface area contributed by atoms with Gasteiger partial charge in [0.25, 0.3) is 0 Å². The van der Waals surface area contributed by atoms with Gasteiger partial charge in [0.15, 0.2) is 5.78 Å². The van der Waals surface area contributed by atoms with Gasteiger partial charge in [-0.05, 0) is 42.7 Å². The molecule has 1 aromatic carbocycles. The smallest absolute Gasteiger partial charge is 0.324 e. The van der Waals surface area contributed by atoms with Gasteiger partial charge in [0.1, 0.15) is 17.4 Å². The lowest BCUT2D eigenvalue weighted by Crippen LogP contribution is -2.06. The highest BCUT2D eigenvalue weighted by molar-refractivity contribution is 5.96. The molecule has 0 saturated carbocycles. The number of nitrogen functional groups attached to an aromatic ring is 1. The van der Waals surface area contributed by atoms with Gasteiger partial charge >= 0.3 is 6.01 Å². The fourth-order valence-electron chi connectivity index (χ4n) is 3.59. The van der Waals surface area contributed by atoms with Crippen LogP contribution in [0.5, 0.6) is 11.8 Å². The summed E-state index contributed by atoms with van der Waals surface area (Å²) in [6.45, 7) is 4.51. The molecule has 3 N–H and O–H groups in total. The number of carbonyl (C=O) groups is 1. The van der Waals surface area contributed by atoms with Crippen molar-refractivity contribution in [3.63, 3.8) is 0 Å². The number of carbonyl (C=O) groups excluding carboxylic acids is 1. The molecule has 154 valence electrons. The van der Waals surface area contributed by atoms with Gasteiger partial charge in [0.2, 0.25) is 0 Å². The van der Waals surface area contributed by atoms with Crippen LogP contribution in [0.15, 0.2) is 30.6 Å². The molecule has 30 heavy (non-hydrogen) atoms. The Balaban J connectivity index is 1.71. The SMILES string of the molecule is CCCC(=O)c1cncc(Oc2nc3c(c(NCC)n2)-c2cc(F)cc(N)c2C3)c1.